The maximum absolute atomic E-state index is 5.99. The van der Waals surface area contributed by atoms with E-state index in [-0.39, 0.29) is 0 Å². The van der Waals surface area contributed by atoms with Crippen molar-refractivity contribution >= 4 is 5.69 Å². The maximum atomic E-state index is 5.99. The highest BCUT2D eigenvalue weighted by Crippen LogP contribution is 2.32. The van der Waals surface area contributed by atoms with Crippen molar-refractivity contribution < 1.29 is 4.74 Å². The Balaban J connectivity index is 2.07. The number of nitrogens with one attached hydrogen (secondary N) is 1. The third-order valence-electron chi connectivity index (χ3n) is 3.18. The lowest BCUT2D eigenvalue weighted by atomic mass is 10.0. The summed E-state index contributed by atoms with van der Waals surface area (Å²) in [6.07, 6.45) is 2.14. The molecule has 4 heteroatoms. The molecule has 88 valence electrons. The minimum Gasteiger partial charge on any atom is -0.493 e. The largest absolute Gasteiger partial charge is 0.493 e. The number of hydrogen-bond acceptors (Lipinski definition) is 3. The van der Waals surface area contributed by atoms with Crippen LogP contribution in [0.15, 0.2) is 18.2 Å². The molecule has 0 amide bonds. The van der Waals surface area contributed by atoms with Crippen LogP contribution in [0.3, 0.4) is 0 Å². The van der Waals surface area contributed by atoms with Gasteiger partial charge in [-0.3, -0.25) is 5.10 Å². The number of nitrogen functional groups attached to an aromatic ring is 1. The fourth-order valence-electron chi connectivity index (χ4n) is 2.17. The second kappa shape index (κ2) is 3.80. The molecule has 0 saturated carbocycles. The number of fused-ring (bicyclic) bond motifs is 1. The molecule has 0 spiro atoms. The summed E-state index contributed by atoms with van der Waals surface area (Å²) in [5.74, 6) is 0.992. The number of aryl methyl sites for hydroxylation is 2. The number of anilines is 1. The van der Waals surface area contributed by atoms with Crippen molar-refractivity contribution in [1.29, 1.82) is 0 Å². The topological polar surface area (TPSA) is 63.9 Å². The van der Waals surface area contributed by atoms with Crippen molar-refractivity contribution in [1.82, 2.24) is 10.2 Å². The lowest BCUT2D eigenvalue weighted by Crippen LogP contribution is -2.08. The van der Waals surface area contributed by atoms with Crippen molar-refractivity contribution in [2.75, 3.05) is 12.3 Å². The zero-order valence-electron chi connectivity index (χ0n) is 9.79. The molecule has 2 heterocycles. The van der Waals surface area contributed by atoms with Crippen molar-refractivity contribution in [3.63, 3.8) is 0 Å². The van der Waals surface area contributed by atoms with Gasteiger partial charge in [0.2, 0.25) is 0 Å². The van der Waals surface area contributed by atoms with Crippen LogP contribution in [0, 0.1) is 6.92 Å². The SMILES string of the molecule is Cc1[nH]nc(-c2ccc3c(c2)CCCO3)c1N. The number of aromatic amines is 1. The van der Waals surface area contributed by atoms with Gasteiger partial charge in [-0.15, -0.1) is 0 Å². The first-order chi connectivity index (χ1) is 8.25. The minimum atomic E-state index is 0.724. The van der Waals surface area contributed by atoms with Crippen molar-refractivity contribution in [2.45, 2.75) is 19.8 Å². The Labute approximate surface area is 99.8 Å². The van der Waals surface area contributed by atoms with E-state index in [0.29, 0.717) is 0 Å². The minimum absolute atomic E-state index is 0.724. The fourth-order valence-corrected chi connectivity index (χ4v) is 2.17. The molecule has 0 unspecified atom stereocenters. The lowest BCUT2D eigenvalue weighted by molar-refractivity contribution is 0.288. The van der Waals surface area contributed by atoms with Gasteiger partial charge in [-0.2, -0.15) is 5.10 Å². The van der Waals surface area contributed by atoms with Crippen molar-refractivity contribution in [2.24, 2.45) is 0 Å². The summed E-state index contributed by atoms with van der Waals surface area (Å²) >= 11 is 0. The average molecular weight is 229 g/mol. The number of hydrogen-bond donors (Lipinski definition) is 2. The van der Waals surface area contributed by atoms with Crippen LogP contribution in [0.4, 0.5) is 5.69 Å². The van der Waals surface area contributed by atoms with E-state index in [9.17, 15) is 0 Å². The zero-order chi connectivity index (χ0) is 11.8. The molecule has 1 aromatic heterocycles. The molecule has 3 rings (SSSR count). The Morgan fingerprint density at radius 3 is 3.06 bits per heavy atom. The van der Waals surface area contributed by atoms with E-state index >= 15 is 0 Å². The Morgan fingerprint density at radius 2 is 2.29 bits per heavy atom. The molecular weight excluding hydrogens is 214 g/mol. The van der Waals surface area contributed by atoms with Gasteiger partial charge in [-0.25, -0.2) is 0 Å². The number of ether oxygens (including phenoxy) is 1. The molecule has 0 fully saturated rings. The maximum Gasteiger partial charge on any atom is 0.122 e. The molecule has 1 aliphatic heterocycles. The lowest BCUT2D eigenvalue weighted by Gasteiger charge is -2.17. The summed E-state index contributed by atoms with van der Waals surface area (Å²) in [7, 11) is 0. The molecule has 3 N–H and O–H groups in total. The summed E-state index contributed by atoms with van der Waals surface area (Å²) < 4.78 is 5.59. The van der Waals surface area contributed by atoms with Crippen LogP contribution in [0.5, 0.6) is 5.75 Å². The molecular formula is C13H15N3O. The van der Waals surface area contributed by atoms with Gasteiger partial charge in [-0.1, -0.05) is 0 Å². The van der Waals surface area contributed by atoms with Crippen molar-refractivity contribution in [3.8, 4) is 17.0 Å². The van der Waals surface area contributed by atoms with Crippen LogP contribution in [-0.2, 0) is 6.42 Å². The van der Waals surface area contributed by atoms with Gasteiger partial charge in [0.15, 0.2) is 0 Å². The Hall–Kier alpha value is -1.97. The Morgan fingerprint density at radius 1 is 1.41 bits per heavy atom. The third kappa shape index (κ3) is 1.65. The molecule has 0 aliphatic carbocycles. The van der Waals surface area contributed by atoms with E-state index < -0.39 is 0 Å². The number of benzene rings is 1. The molecule has 17 heavy (non-hydrogen) atoms. The first-order valence-electron chi connectivity index (χ1n) is 5.82. The monoisotopic (exact) mass is 229 g/mol. The number of aromatic nitrogens is 2. The highest BCUT2D eigenvalue weighted by molar-refractivity contribution is 5.75. The predicted molar refractivity (Wildman–Crippen MR) is 67.0 cm³/mol. The molecule has 0 saturated heterocycles. The summed E-state index contributed by atoms with van der Waals surface area (Å²) in [6.45, 7) is 2.74. The van der Waals surface area contributed by atoms with Crippen LogP contribution < -0.4 is 10.5 Å². The Bertz CT molecular complexity index is 560. The van der Waals surface area contributed by atoms with Crippen LogP contribution in [0.25, 0.3) is 11.3 Å². The highest BCUT2D eigenvalue weighted by Gasteiger charge is 2.14. The second-order valence-corrected chi connectivity index (χ2v) is 4.39. The number of H-pyrrole nitrogens is 1. The molecule has 1 aliphatic rings. The van der Waals surface area contributed by atoms with E-state index in [1.165, 1.54) is 5.56 Å². The van der Waals surface area contributed by atoms with E-state index in [1.807, 2.05) is 19.1 Å². The summed E-state index contributed by atoms with van der Waals surface area (Å²) in [4.78, 5) is 0. The fraction of sp³-hybridized carbons (Fsp3) is 0.308. The molecule has 0 radical (unpaired) electrons. The average Bonchev–Trinajstić information content (AvgIpc) is 2.70. The third-order valence-corrected chi connectivity index (χ3v) is 3.18. The van der Waals surface area contributed by atoms with Crippen molar-refractivity contribution in [3.05, 3.63) is 29.5 Å². The molecule has 2 aromatic rings. The quantitative estimate of drug-likeness (QED) is 0.788. The number of nitrogens with two attached hydrogens (primary N) is 1. The van der Waals surface area contributed by atoms with Gasteiger partial charge < -0.3 is 10.5 Å². The molecule has 0 bridgehead atoms. The number of rotatable bonds is 1. The smallest absolute Gasteiger partial charge is 0.122 e. The van der Waals surface area contributed by atoms with Gasteiger partial charge in [0, 0.05) is 5.56 Å². The molecule has 4 nitrogen and oxygen atoms in total. The van der Waals surface area contributed by atoms with Gasteiger partial charge in [0.05, 0.1) is 18.0 Å². The van der Waals surface area contributed by atoms with E-state index in [4.69, 9.17) is 10.5 Å². The summed E-state index contributed by atoms with van der Waals surface area (Å²) in [5.41, 5.74) is 10.7. The Kier molecular flexibility index (Phi) is 2.28. The van der Waals surface area contributed by atoms with E-state index in [0.717, 1.165) is 47.8 Å². The van der Waals surface area contributed by atoms with Crippen LogP contribution >= 0.6 is 0 Å². The normalized spacial score (nSPS) is 14.2. The summed E-state index contributed by atoms with van der Waals surface area (Å²) in [5, 5.41) is 7.15. The van der Waals surface area contributed by atoms with Crippen LogP contribution in [-0.4, -0.2) is 16.8 Å². The summed E-state index contributed by atoms with van der Waals surface area (Å²) in [6, 6.07) is 6.14. The van der Waals surface area contributed by atoms with Gasteiger partial charge in [-0.05, 0) is 43.5 Å². The number of nitrogens with zero attached hydrogens (tertiary/aromatic N) is 1. The predicted octanol–water partition coefficient (Wildman–Crippen LogP) is 2.29. The first-order valence-corrected chi connectivity index (χ1v) is 5.82. The zero-order valence-corrected chi connectivity index (χ0v) is 9.79. The van der Waals surface area contributed by atoms with E-state index in [2.05, 4.69) is 16.3 Å². The van der Waals surface area contributed by atoms with Crippen LogP contribution in [0.1, 0.15) is 17.7 Å². The van der Waals surface area contributed by atoms with Crippen LogP contribution in [0.2, 0.25) is 0 Å². The van der Waals surface area contributed by atoms with Gasteiger partial charge >= 0.3 is 0 Å². The molecule has 0 atom stereocenters. The van der Waals surface area contributed by atoms with E-state index in [1.54, 1.807) is 0 Å². The first kappa shape index (κ1) is 10.2. The van der Waals surface area contributed by atoms with Gasteiger partial charge in [0.25, 0.3) is 0 Å². The highest BCUT2D eigenvalue weighted by atomic mass is 16.5. The van der Waals surface area contributed by atoms with Gasteiger partial charge in [0.1, 0.15) is 11.4 Å². The standard InChI is InChI=1S/C13H15N3O/c1-8-12(14)13(16-15-8)10-4-5-11-9(7-10)3-2-6-17-11/h4-5,7H,2-3,6,14H2,1H3,(H,15,16). The second-order valence-electron chi connectivity index (χ2n) is 4.39. The molecule has 1 aromatic carbocycles.